The Morgan fingerprint density at radius 2 is 1.62 bits per heavy atom. The lowest BCUT2D eigenvalue weighted by molar-refractivity contribution is -0.120. The topological polar surface area (TPSA) is 34.0 Å². The molecule has 0 aliphatic carbocycles. The molecule has 0 unspecified atom stereocenters. The Labute approximate surface area is 143 Å². The van der Waals surface area contributed by atoms with Crippen LogP contribution in [0.2, 0.25) is 0 Å². The number of rotatable bonds is 6. The molecule has 3 aromatic rings. The van der Waals surface area contributed by atoms with E-state index in [0.29, 0.717) is 18.9 Å². The molecule has 1 heterocycles. The second-order valence-electron chi connectivity index (χ2n) is 6.05. The number of benzene rings is 2. The van der Waals surface area contributed by atoms with E-state index >= 15 is 0 Å². The molecule has 2 aromatic carbocycles. The van der Waals surface area contributed by atoms with Gasteiger partial charge in [-0.2, -0.15) is 0 Å². The van der Waals surface area contributed by atoms with Crippen molar-refractivity contribution in [1.82, 2.24) is 9.88 Å². The maximum Gasteiger partial charge on any atom is 0.224 e. The quantitative estimate of drug-likeness (QED) is 0.734. The van der Waals surface area contributed by atoms with Crippen molar-refractivity contribution in [2.24, 2.45) is 0 Å². The highest BCUT2D eigenvalue weighted by atomic mass is 16.1. The lowest BCUT2D eigenvalue weighted by Gasteiger charge is -2.13. The lowest BCUT2D eigenvalue weighted by Crippen LogP contribution is -2.28. The first-order valence-electron chi connectivity index (χ1n) is 8.26. The van der Waals surface area contributed by atoms with Gasteiger partial charge in [0.1, 0.15) is 0 Å². The molecule has 0 saturated carbocycles. The van der Waals surface area contributed by atoms with Crippen molar-refractivity contribution >= 4 is 5.91 Å². The Morgan fingerprint density at radius 3 is 2.29 bits per heavy atom. The molecule has 3 rings (SSSR count). The SMILES string of the molecule is C[C@@H](CNC(=O)Cc1ccc(-n2cccc2)cc1)c1ccccc1. The second kappa shape index (κ2) is 7.64. The number of hydrogen-bond acceptors (Lipinski definition) is 1. The van der Waals surface area contributed by atoms with Crippen LogP contribution in [0.5, 0.6) is 0 Å². The van der Waals surface area contributed by atoms with Crippen LogP contribution >= 0.6 is 0 Å². The van der Waals surface area contributed by atoms with E-state index in [9.17, 15) is 4.79 Å². The summed E-state index contributed by atoms with van der Waals surface area (Å²) in [6.45, 7) is 2.78. The third-order valence-corrected chi connectivity index (χ3v) is 4.18. The van der Waals surface area contributed by atoms with Gasteiger partial charge in [-0.3, -0.25) is 4.79 Å². The Balaban J connectivity index is 1.51. The zero-order valence-electron chi connectivity index (χ0n) is 13.9. The van der Waals surface area contributed by atoms with Gasteiger partial charge in [-0.25, -0.2) is 0 Å². The molecule has 0 aliphatic rings. The molecule has 1 aromatic heterocycles. The van der Waals surface area contributed by atoms with E-state index in [1.54, 1.807) is 0 Å². The van der Waals surface area contributed by atoms with Gasteiger partial charge in [0, 0.05) is 24.6 Å². The molecule has 24 heavy (non-hydrogen) atoms. The third kappa shape index (κ3) is 4.13. The minimum absolute atomic E-state index is 0.0616. The summed E-state index contributed by atoms with van der Waals surface area (Å²) in [6.07, 6.45) is 4.42. The van der Waals surface area contributed by atoms with Crippen LogP contribution in [0.1, 0.15) is 24.0 Å². The van der Waals surface area contributed by atoms with Gasteiger partial charge in [-0.05, 0) is 41.3 Å². The van der Waals surface area contributed by atoms with E-state index < -0.39 is 0 Å². The molecule has 0 fully saturated rings. The summed E-state index contributed by atoms with van der Waals surface area (Å²) < 4.78 is 2.05. The number of carbonyl (C=O) groups is 1. The summed E-state index contributed by atoms with van der Waals surface area (Å²) in [4.78, 5) is 12.1. The van der Waals surface area contributed by atoms with Crippen LogP contribution < -0.4 is 5.32 Å². The van der Waals surface area contributed by atoms with E-state index in [0.717, 1.165) is 11.3 Å². The number of nitrogens with zero attached hydrogens (tertiary/aromatic N) is 1. The van der Waals surface area contributed by atoms with Crippen LogP contribution in [0, 0.1) is 0 Å². The van der Waals surface area contributed by atoms with Crippen LogP contribution in [-0.4, -0.2) is 17.0 Å². The van der Waals surface area contributed by atoms with Crippen LogP contribution in [0.15, 0.2) is 79.1 Å². The minimum atomic E-state index is 0.0616. The fraction of sp³-hybridized carbons (Fsp3) is 0.190. The second-order valence-corrected chi connectivity index (χ2v) is 6.05. The Bertz CT molecular complexity index is 761. The molecular weight excluding hydrogens is 296 g/mol. The van der Waals surface area contributed by atoms with Crippen LogP contribution in [0.4, 0.5) is 0 Å². The summed E-state index contributed by atoms with van der Waals surface area (Å²) in [6, 6.07) is 22.3. The first-order valence-corrected chi connectivity index (χ1v) is 8.26. The molecule has 122 valence electrons. The number of carbonyl (C=O) groups excluding carboxylic acids is 1. The zero-order chi connectivity index (χ0) is 16.8. The maximum absolute atomic E-state index is 12.1. The molecule has 1 atom stereocenters. The predicted octanol–water partition coefficient (Wildman–Crippen LogP) is 3.94. The fourth-order valence-corrected chi connectivity index (χ4v) is 2.71. The zero-order valence-corrected chi connectivity index (χ0v) is 13.9. The smallest absolute Gasteiger partial charge is 0.224 e. The highest BCUT2D eigenvalue weighted by molar-refractivity contribution is 5.78. The van der Waals surface area contributed by atoms with Crippen molar-refractivity contribution in [3.8, 4) is 5.69 Å². The minimum Gasteiger partial charge on any atom is -0.355 e. The monoisotopic (exact) mass is 318 g/mol. The molecule has 0 spiro atoms. The van der Waals surface area contributed by atoms with Gasteiger partial charge < -0.3 is 9.88 Å². The number of amides is 1. The molecular formula is C21H22N2O. The van der Waals surface area contributed by atoms with Crippen LogP contribution in [0.25, 0.3) is 5.69 Å². The first-order chi connectivity index (χ1) is 11.7. The average molecular weight is 318 g/mol. The highest BCUT2D eigenvalue weighted by Gasteiger charge is 2.08. The number of aromatic nitrogens is 1. The van der Waals surface area contributed by atoms with Crippen LogP contribution in [-0.2, 0) is 11.2 Å². The van der Waals surface area contributed by atoms with E-state index in [4.69, 9.17) is 0 Å². The molecule has 0 bridgehead atoms. The average Bonchev–Trinajstić information content (AvgIpc) is 3.16. The Kier molecular flexibility index (Phi) is 5.12. The molecule has 0 radical (unpaired) electrons. The van der Waals surface area contributed by atoms with Gasteiger partial charge in [0.05, 0.1) is 6.42 Å². The first kappa shape index (κ1) is 16.1. The summed E-state index contributed by atoms with van der Waals surface area (Å²) in [5, 5.41) is 3.03. The molecule has 1 N–H and O–H groups in total. The highest BCUT2D eigenvalue weighted by Crippen LogP contribution is 2.13. The summed E-state index contributed by atoms with van der Waals surface area (Å²) >= 11 is 0. The number of hydrogen-bond donors (Lipinski definition) is 1. The van der Waals surface area contributed by atoms with Crippen molar-refractivity contribution in [3.05, 3.63) is 90.3 Å². The fourth-order valence-electron chi connectivity index (χ4n) is 2.71. The molecule has 3 heteroatoms. The molecule has 0 aliphatic heterocycles. The van der Waals surface area contributed by atoms with Crippen molar-refractivity contribution < 1.29 is 4.79 Å². The van der Waals surface area contributed by atoms with Crippen molar-refractivity contribution in [3.63, 3.8) is 0 Å². The van der Waals surface area contributed by atoms with Crippen molar-refractivity contribution in [2.45, 2.75) is 19.3 Å². The summed E-state index contributed by atoms with van der Waals surface area (Å²) in [5.74, 6) is 0.373. The van der Waals surface area contributed by atoms with Gasteiger partial charge in [-0.1, -0.05) is 49.4 Å². The molecule has 1 amide bonds. The van der Waals surface area contributed by atoms with Gasteiger partial charge in [0.15, 0.2) is 0 Å². The van der Waals surface area contributed by atoms with Crippen LogP contribution in [0.3, 0.4) is 0 Å². The molecule has 3 nitrogen and oxygen atoms in total. The molecule has 0 saturated heterocycles. The largest absolute Gasteiger partial charge is 0.355 e. The van der Waals surface area contributed by atoms with Crippen molar-refractivity contribution in [1.29, 1.82) is 0 Å². The Morgan fingerprint density at radius 1 is 0.958 bits per heavy atom. The van der Waals surface area contributed by atoms with E-state index in [1.807, 2.05) is 71.6 Å². The van der Waals surface area contributed by atoms with Gasteiger partial charge in [0.25, 0.3) is 0 Å². The van der Waals surface area contributed by atoms with Gasteiger partial charge in [-0.15, -0.1) is 0 Å². The summed E-state index contributed by atoms with van der Waals surface area (Å²) in [5.41, 5.74) is 3.37. The van der Waals surface area contributed by atoms with E-state index in [1.165, 1.54) is 5.56 Å². The summed E-state index contributed by atoms with van der Waals surface area (Å²) in [7, 11) is 0. The Hall–Kier alpha value is -2.81. The third-order valence-electron chi connectivity index (χ3n) is 4.18. The van der Waals surface area contributed by atoms with Gasteiger partial charge in [0.2, 0.25) is 5.91 Å². The standard InChI is InChI=1S/C21H22N2O/c1-17(19-7-3-2-4-8-19)16-22-21(24)15-18-9-11-20(12-10-18)23-13-5-6-14-23/h2-14,17H,15-16H2,1H3,(H,22,24)/t17-/m0/s1. The predicted molar refractivity (Wildman–Crippen MR) is 97.3 cm³/mol. The van der Waals surface area contributed by atoms with E-state index in [2.05, 4.69) is 24.4 Å². The lowest BCUT2D eigenvalue weighted by atomic mass is 10.0. The van der Waals surface area contributed by atoms with Crippen molar-refractivity contribution in [2.75, 3.05) is 6.54 Å². The van der Waals surface area contributed by atoms with Gasteiger partial charge >= 0.3 is 0 Å². The number of nitrogens with one attached hydrogen (secondary N) is 1. The maximum atomic E-state index is 12.1. The van der Waals surface area contributed by atoms with E-state index in [-0.39, 0.29) is 5.91 Å². The normalized spacial score (nSPS) is 11.9.